The third-order valence-electron chi connectivity index (χ3n) is 3.92. The van der Waals surface area contributed by atoms with Crippen molar-refractivity contribution in [1.29, 1.82) is 0 Å². The van der Waals surface area contributed by atoms with E-state index >= 15 is 0 Å². The zero-order valence-corrected chi connectivity index (χ0v) is 7.89. The summed E-state index contributed by atoms with van der Waals surface area (Å²) in [5, 5.41) is 0. The molecule has 2 aliphatic rings. The Bertz CT molecular complexity index is 254. The first-order chi connectivity index (χ1) is 5.55. The first-order valence-corrected chi connectivity index (χ1v) is 4.78. The Morgan fingerprint density at radius 2 is 2.25 bits per heavy atom. The van der Waals surface area contributed by atoms with Gasteiger partial charge >= 0.3 is 0 Å². The maximum atomic E-state index is 11.7. The highest BCUT2D eigenvalue weighted by Crippen LogP contribution is 2.54. The molecule has 3 atom stereocenters. The van der Waals surface area contributed by atoms with Crippen molar-refractivity contribution < 1.29 is 4.79 Å². The number of Topliss-reactive ketones (excluding diaryl/α,β-unsaturated/α-hetero) is 1. The van der Waals surface area contributed by atoms with Crippen LogP contribution < -0.4 is 0 Å². The molecule has 12 heavy (non-hydrogen) atoms. The third kappa shape index (κ3) is 0.769. The highest BCUT2D eigenvalue weighted by atomic mass is 16.1. The van der Waals surface area contributed by atoms with E-state index in [1.165, 1.54) is 12.0 Å². The molecule has 0 aromatic heterocycles. The maximum absolute atomic E-state index is 11.7. The van der Waals surface area contributed by atoms with Gasteiger partial charge in [-0.05, 0) is 31.6 Å². The van der Waals surface area contributed by atoms with E-state index in [-0.39, 0.29) is 5.41 Å². The van der Waals surface area contributed by atoms with Crippen LogP contribution in [0.5, 0.6) is 0 Å². The van der Waals surface area contributed by atoms with Gasteiger partial charge in [0.25, 0.3) is 0 Å². The molecular formula is C11H16O. The van der Waals surface area contributed by atoms with Crippen LogP contribution in [-0.4, -0.2) is 5.78 Å². The molecule has 0 heterocycles. The summed E-state index contributed by atoms with van der Waals surface area (Å²) in [5.74, 6) is 1.60. The van der Waals surface area contributed by atoms with Gasteiger partial charge < -0.3 is 0 Å². The molecule has 2 rings (SSSR count). The van der Waals surface area contributed by atoms with Crippen LogP contribution in [0.1, 0.15) is 33.1 Å². The van der Waals surface area contributed by atoms with E-state index in [2.05, 4.69) is 20.4 Å². The number of rotatable bonds is 0. The van der Waals surface area contributed by atoms with Crippen molar-refractivity contribution in [2.24, 2.45) is 17.3 Å². The van der Waals surface area contributed by atoms with Crippen LogP contribution in [0.3, 0.4) is 0 Å². The minimum atomic E-state index is -0.142. The van der Waals surface area contributed by atoms with Crippen LogP contribution in [0.15, 0.2) is 12.2 Å². The number of ketones is 1. The fourth-order valence-corrected chi connectivity index (χ4v) is 2.79. The van der Waals surface area contributed by atoms with Gasteiger partial charge in [-0.3, -0.25) is 4.79 Å². The van der Waals surface area contributed by atoms with Crippen molar-refractivity contribution in [3.05, 3.63) is 12.2 Å². The van der Waals surface area contributed by atoms with Crippen LogP contribution in [0.25, 0.3) is 0 Å². The van der Waals surface area contributed by atoms with Crippen LogP contribution >= 0.6 is 0 Å². The van der Waals surface area contributed by atoms with Crippen LogP contribution in [-0.2, 0) is 4.79 Å². The summed E-state index contributed by atoms with van der Waals surface area (Å²) in [4.78, 5) is 11.7. The van der Waals surface area contributed by atoms with Crippen LogP contribution in [0.4, 0.5) is 0 Å². The first-order valence-electron chi connectivity index (χ1n) is 4.78. The van der Waals surface area contributed by atoms with Gasteiger partial charge in [0.05, 0.1) is 0 Å². The molecule has 0 saturated heterocycles. The molecule has 66 valence electrons. The van der Waals surface area contributed by atoms with E-state index < -0.39 is 0 Å². The van der Waals surface area contributed by atoms with E-state index in [4.69, 9.17) is 0 Å². The molecule has 2 aliphatic carbocycles. The standard InChI is InChI=1S/C11H16O/c1-7-6-10(12)11(3)5-4-9(7)8(11)2/h7,9H,2,4-6H2,1,3H3/t7-,9-,11-/m1/s1. The number of hydrogen-bond acceptors (Lipinski definition) is 1. The van der Waals surface area contributed by atoms with E-state index in [1.807, 2.05) is 0 Å². The van der Waals surface area contributed by atoms with Gasteiger partial charge in [-0.2, -0.15) is 0 Å². The SMILES string of the molecule is C=C1[C@@H]2CC[C@@]1(C)C(=O)C[C@H]2C. The number of carbonyl (C=O) groups is 1. The second-order valence-electron chi connectivity index (χ2n) is 4.61. The predicted octanol–water partition coefficient (Wildman–Crippen LogP) is 2.57. The molecule has 0 aromatic carbocycles. The topological polar surface area (TPSA) is 17.1 Å². The highest BCUT2D eigenvalue weighted by molar-refractivity contribution is 5.89. The van der Waals surface area contributed by atoms with Gasteiger partial charge in [-0.25, -0.2) is 0 Å². The lowest BCUT2D eigenvalue weighted by atomic mass is 9.69. The number of allylic oxidation sites excluding steroid dienone is 1. The van der Waals surface area contributed by atoms with Gasteiger partial charge in [-0.1, -0.05) is 19.1 Å². The monoisotopic (exact) mass is 164 g/mol. The Balaban J connectivity index is 2.41. The summed E-state index contributed by atoms with van der Waals surface area (Å²) in [5.41, 5.74) is 1.07. The first kappa shape index (κ1) is 8.03. The molecular weight excluding hydrogens is 148 g/mol. The molecule has 1 heteroatoms. The van der Waals surface area contributed by atoms with Crippen molar-refractivity contribution in [2.75, 3.05) is 0 Å². The molecule has 0 spiro atoms. The number of carbonyl (C=O) groups excluding carboxylic acids is 1. The van der Waals surface area contributed by atoms with Crippen LogP contribution in [0, 0.1) is 17.3 Å². The minimum Gasteiger partial charge on any atom is -0.299 e. The molecule has 0 N–H and O–H groups in total. The van der Waals surface area contributed by atoms with E-state index in [9.17, 15) is 4.79 Å². The van der Waals surface area contributed by atoms with Crippen molar-refractivity contribution in [2.45, 2.75) is 33.1 Å². The fraction of sp³-hybridized carbons (Fsp3) is 0.727. The Morgan fingerprint density at radius 3 is 2.92 bits per heavy atom. The molecule has 0 amide bonds. The molecule has 0 unspecified atom stereocenters. The highest BCUT2D eigenvalue weighted by Gasteiger charge is 2.50. The lowest BCUT2D eigenvalue weighted by molar-refractivity contribution is -0.127. The van der Waals surface area contributed by atoms with E-state index in [1.54, 1.807) is 0 Å². The largest absolute Gasteiger partial charge is 0.299 e. The third-order valence-corrected chi connectivity index (χ3v) is 3.92. The molecule has 0 aliphatic heterocycles. The lowest BCUT2D eigenvalue weighted by Gasteiger charge is -2.34. The quantitative estimate of drug-likeness (QED) is 0.503. The average Bonchev–Trinajstić information content (AvgIpc) is 2.23. The van der Waals surface area contributed by atoms with Crippen molar-refractivity contribution in [1.82, 2.24) is 0 Å². The zero-order chi connectivity index (χ0) is 8.93. The second-order valence-corrected chi connectivity index (χ2v) is 4.61. The molecule has 2 fully saturated rings. The average molecular weight is 164 g/mol. The summed E-state index contributed by atoms with van der Waals surface area (Å²) in [7, 11) is 0. The minimum absolute atomic E-state index is 0.142. The smallest absolute Gasteiger partial charge is 0.143 e. The van der Waals surface area contributed by atoms with E-state index in [0.717, 1.165) is 12.8 Å². The number of hydrogen-bond donors (Lipinski definition) is 0. The molecule has 2 saturated carbocycles. The molecule has 1 nitrogen and oxygen atoms in total. The fourth-order valence-electron chi connectivity index (χ4n) is 2.79. The predicted molar refractivity (Wildman–Crippen MR) is 48.8 cm³/mol. The molecule has 2 bridgehead atoms. The summed E-state index contributed by atoms with van der Waals surface area (Å²) in [6.45, 7) is 8.34. The number of fused-ring (bicyclic) bond motifs is 2. The van der Waals surface area contributed by atoms with Gasteiger partial charge in [-0.15, -0.1) is 0 Å². The molecule has 0 aromatic rings. The van der Waals surface area contributed by atoms with Gasteiger partial charge in [0.1, 0.15) is 5.78 Å². The van der Waals surface area contributed by atoms with E-state index in [0.29, 0.717) is 17.6 Å². The van der Waals surface area contributed by atoms with Gasteiger partial charge in [0, 0.05) is 11.8 Å². The zero-order valence-electron chi connectivity index (χ0n) is 7.89. The normalized spacial score (nSPS) is 46.8. The van der Waals surface area contributed by atoms with Crippen molar-refractivity contribution in [3.63, 3.8) is 0 Å². The lowest BCUT2D eigenvalue weighted by Crippen LogP contribution is -2.34. The van der Waals surface area contributed by atoms with Crippen LogP contribution in [0.2, 0.25) is 0 Å². The Morgan fingerprint density at radius 1 is 1.58 bits per heavy atom. The Hall–Kier alpha value is -0.590. The van der Waals surface area contributed by atoms with Gasteiger partial charge in [0.15, 0.2) is 0 Å². The van der Waals surface area contributed by atoms with Gasteiger partial charge in [0.2, 0.25) is 0 Å². The summed E-state index contributed by atoms with van der Waals surface area (Å²) in [6.07, 6.45) is 3.00. The summed E-state index contributed by atoms with van der Waals surface area (Å²) < 4.78 is 0. The van der Waals surface area contributed by atoms with Crippen molar-refractivity contribution >= 4 is 5.78 Å². The molecule has 0 radical (unpaired) electrons. The Labute approximate surface area is 73.8 Å². The Kier molecular flexibility index (Phi) is 1.48. The second kappa shape index (κ2) is 2.21. The maximum Gasteiger partial charge on any atom is 0.143 e. The van der Waals surface area contributed by atoms with Crippen molar-refractivity contribution in [3.8, 4) is 0 Å². The summed E-state index contributed by atoms with van der Waals surface area (Å²) in [6, 6.07) is 0. The summed E-state index contributed by atoms with van der Waals surface area (Å²) >= 11 is 0.